The predicted octanol–water partition coefficient (Wildman–Crippen LogP) is 2.91. The van der Waals surface area contributed by atoms with Gasteiger partial charge in [0.25, 0.3) is 0 Å². The summed E-state index contributed by atoms with van der Waals surface area (Å²) in [6, 6.07) is 4.52. The summed E-state index contributed by atoms with van der Waals surface area (Å²) in [6.07, 6.45) is 3.24. The highest BCUT2D eigenvalue weighted by atomic mass is 16.5. The van der Waals surface area contributed by atoms with Crippen LogP contribution in [-0.2, 0) is 15.9 Å². The van der Waals surface area contributed by atoms with Gasteiger partial charge in [0, 0.05) is 32.8 Å². The van der Waals surface area contributed by atoms with Gasteiger partial charge in [0.05, 0.1) is 12.7 Å². The van der Waals surface area contributed by atoms with E-state index in [1.165, 1.54) is 22.3 Å². The normalized spacial score (nSPS) is 17.5. The zero-order valence-electron chi connectivity index (χ0n) is 16.9. The van der Waals surface area contributed by atoms with Crippen molar-refractivity contribution in [1.29, 1.82) is 0 Å². The number of guanidine groups is 1. The number of nitrogens with one attached hydrogen (secondary N) is 2. The summed E-state index contributed by atoms with van der Waals surface area (Å²) in [7, 11) is 0. The summed E-state index contributed by atoms with van der Waals surface area (Å²) in [5.41, 5.74) is 5.52. The lowest BCUT2D eigenvalue weighted by Crippen LogP contribution is -2.38. The standard InChI is InChI=1S/C21H35N3O2/c1-5-22-21(23-9-6-11-26-19-8-12-25-15-19)24-10-7-20-17(3)13-16(2)14-18(20)4/h13-14,19H,5-12,15H2,1-4H3,(H2,22,23,24). The Morgan fingerprint density at radius 1 is 1.23 bits per heavy atom. The van der Waals surface area contributed by atoms with Crippen LogP contribution in [0.2, 0.25) is 0 Å². The van der Waals surface area contributed by atoms with Crippen LogP contribution in [0.1, 0.15) is 42.0 Å². The van der Waals surface area contributed by atoms with E-state index in [1.807, 2.05) is 0 Å². The van der Waals surface area contributed by atoms with Crippen LogP contribution in [-0.4, -0.2) is 51.5 Å². The Morgan fingerprint density at radius 2 is 2.00 bits per heavy atom. The molecule has 0 spiro atoms. The maximum atomic E-state index is 5.78. The molecular formula is C21H35N3O2. The Morgan fingerprint density at radius 3 is 2.65 bits per heavy atom. The molecule has 5 nitrogen and oxygen atoms in total. The molecule has 0 bridgehead atoms. The molecular weight excluding hydrogens is 326 g/mol. The van der Waals surface area contributed by atoms with Crippen molar-refractivity contribution in [2.45, 2.75) is 53.1 Å². The number of benzene rings is 1. The fourth-order valence-electron chi connectivity index (χ4n) is 3.40. The third kappa shape index (κ3) is 6.96. The van der Waals surface area contributed by atoms with Crippen molar-refractivity contribution in [3.63, 3.8) is 0 Å². The minimum atomic E-state index is 0.284. The van der Waals surface area contributed by atoms with Crippen LogP contribution in [0.4, 0.5) is 0 Å². The lowest BCUT2D eigenvalue weighted by atomic mass is 9.97. The van der Waals surface area contributed by atoms with Gasteiger partial charge in [-0.15, -0.1) is 0 Å². The SMILES string of the molecule is CCNC(=NCCCOC1CCOC1)NCCc1c(C)cc(C)cc1C. The molecule has 1 aliphatic heterocycles. The first kappa shape index (κ1) is 20.7. The van der Waals surface area contributed by atoms with Gasteiger partial charge in [0.15, 0.2) is 5.96 Å². The minimum absolute atomic E-state index is 0.284. The van der Waals surface area contributed by atoms with Gasteiger partial charge in [-0.1, -0.05) is 17.7 Å². The van der Waals surface area contributed by atoms with Crippen LogP contribution in [0, 0.1) is 20.8 Å². The summed E-state index contributed by atoms with van der Waals surface area (Å²) < 4.78 is 11.1. The molecule has 0 aromatic heterocycles. The van der Waals surface area contributed by atoms with Crippen LogP contribution < -0.4 is 10.6 Å². The highest BCUT2D eigenvalue weighted by Gasteiger charge is 2.15. The van der Waals surface area contributed by atoms with Crippen molar-refractivity contribution in [3.8, 4) is 0 Å². The van der Waals surface area contributed by atoms with E-state index in [9.17, 15) is 0 Å². The van der Waals surface area contributed by atoms with Gasteiger partial charge in [0.2, 0.25) is 0 Å². The zero-order valence-corrected chi connectivity index (χ0v) is 16.9. The molecule has 1 aliphatic rings. The fourth-order valence-corrected chi connectivity index (χ4v) is 3.40. The molecule has 1 heterocycles. The molecule has 0 radical (unpaired) electrons. The van der Waals surface area contributed by atoms with Gasteiger partial charge in [-0.05, 0) is 63.6 Å². The number of aryl methyl sites for hydroxylation is 3. The van der Waals surface area contributed by atoms with Gasteiger partial charge in [-0.3, -0.25) is 4.99 Å². The average molecular weight is 362 g/mol. The molecule has 1 fully saturated rings. The van der Waals surface area contributed by atoms with Gasteiger partial charge in [0.1, 0.15) is 0 Å². The molecule has 1 saturated heterocycles. The second-order valence-electron chi connectivity index (χ2n) is 7.02. The van der Waals surface area contributed by atoms with Crippen LogP contribution in [0.5, 0.6) is 0 Å². The first-order chi connectivity index (χ1) is 12.6. The smallest absolute Gasteiger partial charge is 0.191 e. The molecule has 1 aromatic carbocycles. The number of rotatable bonds is 9. The molecule has 0 saturated carbocycles. The lowest BCUT2D eigenvalue weighted by Gasteiger charge is -2.14. The van der Waals surface area contributed by atoms with E-state index in [0.717, 1.165) is 64.7 Å². The Hall–Kier alpha value is -1.59. The number of ether oxygens (including phenoxy) is 2. The number of hydrogen-bond donors (Lipinski definition) is 2. The highest BCUT2D eigenvalue weighted by molar-refractivity contribution is 5.79. The van der Waals surface area contributed by atoms with Crippen LogP contribution in [0.3, 0.4) is 0 Å². The first-order valence-electron chi connectivity index (χ1n) is 9.88. The molecule has 146 valence electrons. The lowest BCUT2D eigenvalue weighted by molar-refractivity contribution is 0.0424. The van der Waals surface area contributed by atoms with E-state index in [0.29, 0.717) is 0 Å². The van der Waals surface area contributed by atoms with Gasteiger partial charge >= 0.3 is 0 Å². The van der Waals surface area contributed by atoms with Gasteiger partial charge < -0.3 is 20.1 Å². The number of nitrogens with zero attached hydrogens (tertiary/aromatic N) is 1. The molecule has 26 heavy (non-hydrogen) atoms. The summed E-state index contributed by atoms with van der Waals surface area (Å²) >= 11 is 0. The van der Waals surface area contributed by atoms with E-state index in [4.69, 9.17) is 9.47 Å². The Bertz CT molecular complexity index is 558. The van der Waals surface area contributed by atoms with Crippen molar-refractivity contribution in [2.75, 3.05) is 39.5 Å². The summed E-state index contributed by atoms with van der Waals surface area (Å²) in [4.78, 5) is 4.65. The maximum absolute atomic E-state index is 5.78. The molecule has 5 heteroatoms. The minimum Gasteiger partial charge on any atom is -0.379 e. The molecule has 1 aromatic rings. The van der Waals surface area contributed by atoms with Crippen molar-refractivity contribution < 1.29 is 9.47 Å². The monoisotopic (exact) mass is 361 g/mol. The topological polar surface area (TPSA) is 54.9 Å². The van der Waals surface area contributed by atoms with E-state index >= 15 is 0 Å². The highest BCUT2D eigenvalue weighted by Crippen LogP contribution is 2.16. The summed E-state index contributed by atoms with van der Waals surface area (Å²) in [5.74, 6) is 0.888. The predicted molar refractivity (Wildman–Crippen MR) is 108 cm³/mol. The molecule has 2 N–H and O–H groups in total. The number of aliphatic imine (C=N–C) groups is 1. The second kappa shape index (κ2) is 11.2. The van der Waals surface area contributed by atoms with Gasteiger partial charge in [-0.25, -0.2) is 0 Å². The van der Waals surface area contributed by atoms with Crippen LogP contribution in [0.15, 0.2) is 17.1 Å². The molecule has 1 atom stereocenters. The third-order valence-electron chi connectivity index (χ3n) is 4.67. The van der Waals surface area contributed by atoms with Crippen molar-refractivity contribution in [1.82, 2.24) is 10.6 Å². The number of hydrogen-bond acceptors (Lipinski definition) is 3. The fraction of sp³-hybridized carbons (Fsp3) is 0.667. The maximum Gasteiger partial charge on any atom is 0.191 e. The Labute approximate surface area is 158 Å². The van der Waals surface area contributed by atoms with Crippen molar-refractivity contribution in [3.05, 3.63) is 34.4 Å². The Kier molecular flexibility index (Phi) is 8.92. The van der Waals surface area contributed by atoms with E-state index in [1.54, 1.807) is 0 Å². The van der Waals surface area contributed by atoms with E-state index < -0.39 is 0 Å². The van der Waals surface area contributed by atoms with Crippen molar-refractivity contribution in [2.24, 2.45) is 4.99 Å². The van der Waals surface area contributed by atoms with E-state index in [-0.39, 0.29) is 6.10 Å². The summed E-state index contributed by atoms with van der Waals surface area (Å²) in [6.45, 7) is 13.5. The first-order valence-corrected chi connectivity index (χ1v) is 9.88. The molecule has 0 aliphatic carbocycles. The molecule has 2 rings (SSSR count). The molecule has 1 unspecified atom stereocenters. The van der Waals surface area contributed by atoms with Crippen LogP contribution >= 0.6 is 0 Å². The Balaban J connectivity index is 1.72. The quantitative estimate of drug-likeness (QED) is 0.403. The van der Waals surface area contributed by atoms with E-state index in [2.05, 4.69) is 55.5 Å². The van der Waals surface area contributed by atoms with Gasteiger partial charge in [-0.2, -0.15) is 0 Å². The molecule has 0 amide bonds. The third-order valence-corrected chi connectivity index (χ3v) is 4.67. The average Bonchev–Trinajstić information content (AvgIpc) is 3.10. The van der Waals surface area contributed by atoms with Crippen molar-refractivity contribution >= 4 is 5.96 Å². The van der Waals surface area contributed by atoms with Crippen LogP contribution in [0.25, 0.3) is 0 Å². The second-order valence-corrected chi connectivity index (χ2v) is 7.02. The summed E-state index contributed by atoms with van der Waals surface area (Å²) in [5, 5.41) is 6.77. The zero-order chi connectivity index (χ0) is 18.8. The largest absolute Gasteiger partial charge is 0.379 e.